The third-order valence-corrected chi connectivity index (χ3v) is 10.3. The molecule has 49 heavy (non-hydrogen) atoms. The van der Waals surface area contributed by atoms with Gasteiger partial charge in [-0.1, -0.05) is 51.9 Å². The molecule has 2 aromatic carbocycles. The molecule has 0 spiro atoms. The molecule has 2 aliphatic rings. The van der Waals surface area contributed by atoms with Gasteiger partial charge in [0.1, 0.15) is 12.0 Å². The van der Waals surface area contributed by atoms with Crippen LogP contribution in [0, 0.1) is 12.7 Å². The molecular weight excluding hydrogens is 643 g/mol. The minimum atomic E-state index is -0.620. The van der Waals surface area contributed by atoms with Crippen LogP contribution in [-0.2, 0) is 4.79 Å². The summed E-state index contributed by atoms with van der Waals surface area (Å²) in [5, 5.41) is 8.64. The van der Waals surface area contributed by atoms with E-state index in [0.717, 1.165) is 16.5 Å². The van der Waals surface area contributed by atoms with E-state index in [0.29, 0.717) is 59.0 Å². The number of aromatic nitrogens is 5. The summed E-state index contributed by atoms with van der Waals surface area (Å²) in [7, 11) is 1.87. The van der Waals surface area contributed by atoms with Crippen LogP contribution in [0.4, 0.5) is 15.8 Å². The standard InChI is InChI=1S/C37H40ClFN8O2/c1-9-27(48)45-16-22-15-44(8)36-34(46(22)14-21(45)7)23-12-25(38)29(28-20(6)10-11-26-24(28)13-42-43-26)30(39)33(23)47(37(36)49)35-31(18(2)3)40-17-41-32(35)19(4)5/h9-13,17-19,21-22H,1,14-16H2,2-8H3,(H,42,43). The normalized spacial score (nSPS) is 17.7. The number of aryl methyl sites for hydroxylation is 1. The summed E-state index contributed by atoms with van der Waals surface area (Å²) >= 11 is 7.17. The monoisotopic (exact) mass is 682 g/mol. The number of likely N-dealkylation sites (N-methyl/N-ethyl adjacent to an activating group) is 1. The Kier molecular flexibility index (Phi) is 8.01. The lowest BCUT2D eigenvalue weighted by Crippen LogP contribution is -2.64. The molecule has 7 rings (SSSR count). The van der Waals surface area contributed by atoms with Crippen LogP contribution in [0.5, 0.6) is 0 Å². The molecule has 1 N–H and O–H groups in total. The molecule has 0 saturated carbocycles. The number of H-pyrrole nitrogens is 1. The predicted octanol–water partition coefficient (Wildman–Crippen LogP) is 6.71. The smallest absolute Gasteiger partial charge is 0.281 e. The van der Waals surface area contributed by atoms with E-state index in [1.165, 1.54) is 17.0 Å². The van der Waals surface area contributed by atoms with Crippen LogP contribution in [-0.4, -0.2) is 74.3 Å². The Labute approximate surface area is 289 Å². The molecular formula is C37H40ClFN8O2. The van der Waals surface area contributed by atoms with Gasteiger partial charge >= 0.3 is 0 Å². The van der Waals surface area contributed by atoms with Crippen molar-refractivity contribution >= 4 is 50.7 Å². The topological polar surface area (TPSA) is 103 Å². The van der Waals surface area contributed by atoms with Crippen LogP contribution >= 0.6 is 11.6 Å². The molecule has 0 aliphatic carbocycles. The number of anilines is 2. The van der Waals surface area contributed by atoms with Gasteiger partial charge in [0, 0.05) is 54.6 Å². The van der Waals surface area contributed by atoms with E-state index >= 15 is 9.18 Å². The van der Waals surface area contributed by atoms with Crippen LogP contribution in [0.2, 0.25) is 5.02 Å². The number of fused-ring (bicyclic) bond motifs is 6. The molecule has 0 bridgehead atoms. The fraction of sp³-hybridized carbons (Fsp3) is 0.378. The Hall–Kier alpha value is -4.77. The zero-order chi connectivity index (χ0) is 35.0. The first-order chi connectivity index (χ1) is 23.3. The van der Waals surface area contributed by atoms with Crippen molar-refractivity contribution < 1.29 is 9.18 Å². The quantitative estimate of drug-likeness (QED) is 0.206. The highest BCUT2D eigenvalue weighted by atomic mass is 35.5. The molecule has 12 heteroatoms. The number of carbonyl (C=O) groups is 1. The molecule has 0 radical (unpaired) electrons. The van der Waals surface area contributed by atoms with Gasteiger partial charge in [-0.05, 0) is 49.5 Å². The fourth-order valence-corrected chi connectivity index (χ4v) is 8.05. The van der Waals surface area contributed by atoms with Gasteiger partial charge in [-0.2, -0.15) is 5.10 Å². The first-order valence-electron chi connectivity index (χ1n) is 16.6. The van der Waals surface area contributed by atoms with E-state index in [2.05, 4.69) is 31.6 Å². The van der Waals surface area contributed by atoms with Crippen LogP contribution in [0.1, 0.15) is 63.4 Å². The first-order valence-corrected chi connectivity index (χ1v) is 17.0. The molecule has 5 aromatic rings. The van der Waals surface area contributed by atoms with E-state index in [1.807, 2.05) is 70.5 Å². The number of hydrogen-bond donors (Lipinski definition) is 1. The fourth-order valence-electron chi connectivity index (χ4n) is 7.76. The summed E-state index contributed by atoms with van der Waals surface area (Å²) in [6, 6.07) is 5.26. The summed E-state index contributed by atoms with van der Waals surface area (Å²) in [5.74, 6) is -0.951. The summed E-state index contributed by atoms with van der Waals surface area (Å²) in [6.07, 6.45) is 4.52. The van der Waals surface area contributed by atoms with Gasteiger partial charge in [-0.15, -0.1) is 0 Å². The Morgan fingerprint density at radius 1 is 1.04 bits per heavy atom. The zero-order valence-corrected chi connectivity index (χ0v) is 29.6. The number of nitrogens with zero attached hydrogens (tertiary/aromatic N) is 7. The average Bonchev–Trinajstić information content (AvgIpc) is 3.54. The highest BCUT2D eigenvalue weighted by Crippen LogP contribution is 2.47. The van der Waals surface area contributed by atoms with Crippen molar-refractivity contribution in [3.8, 4) is 16.8 Å². The van der Waals surface area contributed by atoms with Crippen molar-refractivity contribution in [2.45, 2.75) is 65.5 Å². The SMILES string of the molecule is C=CC(=O)N1CC2CN(C)c3c(c4cc(Cl)c(-c5c(C)ccc6[nH]ncc56)c(F)c4n(-c4c(C(C)C)ncnc4C(C)C)c3=O)N2CC1C. The molecule has 2 atom stereocenters. The molecule has 1 fully saturated rings. The number of rotatable bonds is 5. The Morgan fingerprint density at radius 2 is 1.73 bits per heavy atom. The van der Waals surface area contributed by atoms with E-state index in [1.54, 1.807) is 12.3 Å². The number of nitrogens with one attached hydrogen (secondary N) is 1. The van der Waals surface area contributed by atoms with Gasteiger partial charge in [0.15, 0.2) is 5.82 Å². The van der Waals surface area contributed by atoms with Crippen LogP contribution < -0.4 is 15.4 Å². The van der Waals surface area contributed by atoms with E-state index in [4.69, 9.17) is 11.6 Å². The second kappa shape index (κ2) is 12.0. The van der Waals surface area contributed by atoms with E-state index in [9.17, 15) is 4.79 Å². The minimum absolute atomic E-state index is 0.0938. The predicted molar refractivity (Wildman–Crippen MR) is 194 cm³/mol. The van der Waals surface area contributed by atoms with Crippen LogP contribution in [0.3, 0.4) is 0 Å². The van der Waals surface area contributed by atoms with E-state index in [-0.39, 0.29) is 51.5 Å². The Bertz CT molecular complexity index is 2220. The number of aromatic amines is 1. The van der Waals surface area contributed by atoms with Crippen molar-refractivity contribution in [2.24, 2.45) is 0 Å². The van der Waals surface area contributed by atoms with Crippen molar-refractivity contribution in [2.75, 3.05) is 36.5 Å². The number of benzene rings is 2. The van der Waals surface area contributed by atoms with Crippen molar-refractivity contribution in [1.82, 2.24) is 29.6 Å². The van der Waals surface area contributed by atoms with Crippen LogP contribution in [0.15, 0.2) is 48.2 Å². The number of hydrogen-bond acceptors (Lipinski definition) is 7. The zero-order valence-electron chi connectivity index (χ0n) is 28.8. The number of carbonyl (C=O) groups excluding carboxylic acids is 1. The summed E-state index contributed by atoms with van der Waals surface area (Å²) in [5.41, 5.74) is 4.90. The van der Waals surface area contributed by atoms with E-state index < -0.39 is 5.82 Å². The number of pyridine rings is 1. The largest absolute Gasteiger partial charge is 0.366 e. The highest BCUT2D eigenvalue weighted by Gasteiger charge is 2.42. The Balaban J connectivity index is 1.65. The maximum absolute atomic E-state index is 18.0. The molecule has 10 nitrogen and oxygen atoms in total. The van der Waals surface area contributed by atoms with Crippen molar-refractivity contribution in [3.63, 3.8) is 0 Å². The lowest BCUT2D eigenvalue weighted by molar-refractivity contribution is -0.128. The van der Waals surface area contributed by atoms with Gasteiger partial charge in [0.05, 0.1) is 51.1 Å². The molecule has 254 valence electrons. The summed E-state index contributed by atoms with van der Waals surface area (Å²) < 4.78 is 19.5. The minimum Gasteiger partial charge on any atom is -0.366 e. The van der Waals surface area contributed by atoms with Gasteiger partial charge in [0.2, 0.25) is 5.91 Å². The number of halogens is 2. The van der Waals surface area contributed by atoms with Crippen molar-refractivity contribution in [1.29, 1.82) is 0 Å². The second-order valence-corrected chi connectivity index (χ2v) is 14.3. The summed E-state index contributed by atoms with van der Waals surface area (Å²) in [4.78, 5) is 43.3. The maximum Gasteiger partial charge on any atom is 0.281 e. The number of amides is 1. The average molecular weight is 683 g/mol. The molecule has 2 unspecified atom stereocenters. The molecule has 2 aliphatic heterocycles. The third-order valence-electron chi connectivity index (χ3n) is 10.0. The summed E-state index contributed by atoms with van der Waals surface area (Å²) in [6.45, 7) is 17.0. The maximum atomic E-state index is 18.0. The Morgan fingerprint density at radius 3 is 2.39 bits per heavy atom. The third kappa shape index (κ3) is 4.92. The molecule has 1 amide bonds. The first kappa shape index (κ1) is 32.8. The lowest BCUT2D eigenvalue weighted by atomic mass is 9.93. The molecule has 5 heterocycles. The second-order valence-electron chi connectivity index (χ2n) is 13.9. The van der Waals surface area contributed by atoms with Crippen LogP contribution in [0.25, 0.3) is 38.6 Å². The molecule has 3 aromatic heterocycles. The van der Waals surface area contributed by atoms with Crippen molar-refractivity contribution in [3.05, 3.63) is 81.5 Å². The highest BCUT2D eigenvalue weighted by molar-refractivity contribution is 6.35. The lowest BCUT2D eigenvalue weighted by Gasteiger charge is -2.51. The van der Waals surface area contributed by atoms with Gasteiger partial charge < -0.3 is 14.7 Å². The van der Waals surface area contributed by atoms with Gasteiger partial charge in [-0.3, -0.25) is 19.3 Å². The van der Waals surface area contributed by atoms with Gasteiger partial charge in [-0.25, -0.2) is 14.4 Å². The number of piperazine rings is 1. The molecule has 1 saturated heterocycles. The van der Waals surface area contributed by atoms with Gasteiger partial charge in [0.25, 0.3) is 5.56 Å².